The van der Waals surface area contributed by atoms with E-state index in [1.165, 1.54) is 19.0 Å². The van der Waals surface area contributed by atoms with Crippen molar-refractivity contribution in [2.24, 2.45) is 0 Å². The number of rotatable bonds is 1. The summed E-state index contributed by atoms with van der Waals surface area (Å²) in [4.78, 5) is 19.6. The molecule has 2 aromatic heterocycles. The van der Waals surface area contributed by atoms with Crippen molar-refractivity contribution in [3.05, 3.63) is 21.8 Å². The Morgan fingerprint density at radius 1 is 1.44 bits per heavy atom. The normalized spacial score (nSPS) is 17.3. The van der Waals surface area contributed by atoms with E-state index >= 15 is 0 Å². The lowest BCUT2D eigenvalue weighted by atomic mass is 10.2. The second-order valence-electron chi connectivity index (χ2n) is 4.13. The molecule has 3 rings (SSSR count). The molecule has 5 nitrogen and oxygen atoms in total. The van der Waals surface area contributed by atoms with Gasteiger partial charge in [-0.3, -0.25) is 14.6 Å². The number of hydrogen-bond acceptors (Lipinski definition) is 3. The predicted octanol–water partition coefficient (Wildman–Crippen LogP) is 1.89. The molecule has 0 spiro atoms. The number of nitrogens with one attached hydrogen (secondary N) is 1. The maximum atomic E-state index is 11.7. The van der Waals surface area contributed by atoms with Crippen LogP contribution >= 0.6 is 11.6 Å². The minimum Gasteiger partial charge on any atom is -0.267 e. The summed E-state index contributed by atoms with van der Waals surface area (Å²) < 4.78 is 1.85. The number of nitrogens with zero attached hydrogens (tertiary/aromatic N) is 3. The van der Waals surface area contributed by atoms with Gasteiger partial charge in [-0.1, -0.05) is 12.8 Å². The first-order chi connectivity index (χ1) is 7.75. The number of aromatic nitrogens is 4. The molecule has 2 heterocycles. The van der Waals surface area contributed by atoms with Gasteiger partial charge in [0.05, 0.1) is 6.04 Å². The Morgan fingerprint density at radius 2 is 2.19 bits per heavy atom. The zero-order valence-electron chi connectivity index (χ0n) is 8.61. The maximum Gasteiger partial charge on any atom is 0.275 e. The Balaban J connectivity index is 2.23. The van der Waals surface area contributed by atoms with Crippen LogP contribution in [-0.2, 0) is 0 Å². The number of fused-ring (bicyclic) bond motifs is 1. The highest BCUT2D eigenvalue weighted by molar-refractivity contribution is 6.28. The summed E-state index contributed by atoms with van der Waals surface area (Å²) in [7, 11) is 0. The zero-order chi connectivity index (χ0) is 11.1. The smallest absolute Gasteiger partial charge is 0.267 e. The van der Waals surface area contributed by atoms with E-state index in [1.54, 1.807) is 0 Å². The maximum absolute atomic E-state index is 11.7. The van der Waals surface area contributed by atoms with Crippen LogP contribution in [0.3, 0.4) is 0 Å². The topological polar surface area (TPSA) is 63.6 Å². The second kappa shape index (κ2) is 3.59. The number of H-pyrrole nitrogens is 1. The third-order valence-corrected chi connectivity index (χ3v) is 3.31. The molecule has 0 bridgehead atoms. The van der Waals surface area contributed by atoms with Gasteiger partial charge in [0.2, 0.25) is 5.28 Å². The molecule has 1 saturated carbocycles. The molecule has 1 fully saturated rings. The van der Waals surface area contributed by atoms with E-state index in [4.69, 9.17) is 11.6 Å². The van der Waals surface area contributed by atoms with Crippen LogP contribution in [0.1, 0.15) is 31.7 Å². The standard InChI is InChI=1S/C10H11ClN4O/c11-10-12-5-7-8(13-10)15(14-9(7)16)6-3-1-2-4-6/h5-6H,1-4H2,(H,14,16). The molecule has 0 aromatic carbocycles. The molecule has 0 radical (unpaired) electrons. The first-order valence-electron chi connectivity index (χ1n) is 5.38. The first kappa shape index (κ1) is 9.84. The van der Waals surface area contributed by atoms with Crippen molar-refractivity contribution in [1.82, 2.24) is 19.7 Å². The van der Waals surface area contributed by atoms with Crippen molar-refractivity contribution < 1.29 is 0 Å². The third kappa shape index (κ3) is 1.43. The van der Waals surface area contributed by atoms with Crippen molar-refractivity contribution in [3.8, 4) is 0 Å². The SMILES string of the molecule is O=c1[nH]n(C2CCCC2)c2nc(Cl)ncc12. The fourth-order valence-corrected chi connectivity index (χ4v) is 2.47. The molecular weight excluding hydrogens is 228 g/mol. The molecule has 2 aromatic rings. The van der Waals surface area contributed by atoms with E-state index < -0.39 is 0 Å². The molecule has 1 N–H and O–H groups in total. The lowest BCUT2D eigenvalue weighted by Gasteiger charge is -2.10. The van der Waals surface area contributed by atoms with E-state index in [-0.39, 0.29) is 10.8 Å². The minimum atomic E-state index is -0.140. The van der Waals surface area contributed by atoms with Crippen LogP contribution in [0.5, 0.6) is 0 Å². The highest BCUT2D eigenvalue weighted by Gasteiger charge is 2.21. The molecule has 84 valence electrons. The van der Waals surface area contributed by atoms with E-state index in [2.05, 4.69) is 15.1 Å². The first-order valence-corrected chi connectivity index (χ1v) is 5.76. The fraction of sp³-hybridized carbons (Fsp3) is 0.500. The summed E-state index contributed by atoms with van der Waals surface area (Å²) >= 11 is 5.76. The van der Waals surface area contributed by atoms with Crippen LogP contribution in [-0.4, -0.2) is 19.7 Å². The van der Waals surface area contributed by atoms with Crippen LogP contribution in [0.4, 0.5) is 0 Å². The molecule has 0 aliphatic heterocycles. The van der Waals surface area contributed by atoms with Crippen molar-refractivity contribution in [2.45, 2.75) is 31.7 Å². The van der Waals surface area contributed by atoms with E-state index in [9.17, 15) is 4.79 Å². The molecule has 1 aliphatic rings. The molecule has 0 amide bonds. The molecule has 0 saturated heterocycles. The van der Waals surface area contributed by atoms with Gasteiger partial charge >= 0.3 is 0 Å². The van der Waals surface area contributed by atoms with Crippen LogP contribution in [0.25, 0.3) is 11.0 Å². The number of hydrogen-bond donors (Lipinski definition) is 1. The van der Waals surface area contributed by atoms with Crippen LogP contribution in [0, 0.1) is 0 Å². The Labute approximate surface area is 96.4 Å². The summed E-state index contributed by atoms with van der Waals surface area (Å²) in [5.74, 6) is 0. The third-order valence-electron chi connectivity index (χ3n) is 3.12. The van der Waals surface area contributed by atoms with Crippen molar-refractivity contribution in [3.63, 3.8) is 0 Å². The largest absolute Gasteiger partial charge is 0.275 e. The van der Waals surface area contributed by atoms with Gasteiger partial charge in [-0.15, -0.1) is 0 Å². The van der Waals surface area contributed by atoms with Gasteiger partial charge in [0.25, 0.3) is 5.56 Å². The molecule has 16 heavy (non-hydrogen) atoms. The van der Waals surface area contributed by atoms with Gasteiger partial charge in [-0.2, -0.15) is 4.98 Å². The monoisotopic (exact) mass is 238 g/mol. The fourth-order valence-electron chi connectivity index (χ4n) is 2.35. The summed E-state index contributed by atoms with van der Waals surface area (Å²) in [6.07, 6.45) is 6.05. The van der Waals surface area contributed by atoms with Crippen LogP contribution in [0.15, 0.2) is 11.0 Å². The van der Waals surface area contributed by atoms with Gasteiger partial charge in [0.1, 0.15) is 5.39 Å². The highest BCUT2D eigenvalue weighted by Crippen LogP contribution is 2.30. The van der Waals surface area contributed by atoms with Gasteiger partial charge < -0.3 is 0 Å². The highest BCUT2D eigenvalue weighted by atomic mass is 35.5. The van der Waals surface area contributed by atoms with Crippen molar-refractivity contribution in [2.75, 3.05) is 0 Å². The predicted molar refractivity (Wildman–Crippen MR) is 60.7 cm³/mol. The van der Waals surface area contributed by atoms with E-state index in [1.807, 2.05) is 4.68 Å². The van der Waals surface area contributed by atoms with Crippen molar-refractivity contribution >= 4 is 22.6 Å². The van der Waals surface area contributed by atoms with E-state index in [0.29, 0.717) is 17.1 Å². The Bertz CT molecular complexity index is 582. The van der Waals surface area contributed by atoms with Crippen LogP contribution in [0.2, 0.25) is 5.28 Å². The lowest BCUT2D eigenvalue weighted by molar-refractivity contribution is 0.475. The van der Waals surface area contributed by atoms with Gasteiger partial charge in [-0.25, -0.2) is 4.98 Å². The second-order valence-corrected chi connectivity index (χ2v) is 4.46. The molecule has 0 atom stereocenters. The van der Waals surface area contributed by atoms with Crippen LogP contribution < -0.4 is 5.56 Å². The zero-order valence-corrected chi connectivity index (χ0v) is 9.37. The summed E-state index contributed by atoms with van der Waals surface area (Å²) in [6.45, 7) is 0. The molecule has 6 heteroatoms. The summed E-state index contributed by atoms with van der Waals surface area (Å²) in [5.41, 5.74) is 0.482. The van der Waals surface area contributed by atoms with Gasteiger partial charge in [0, 0.05) is 6.20 Å². The Kier molecular flexibility index (Phi) is 2.21. The number of aromatic amines is 1. The molecular formula is C10H11ClN4O. The average Bonchev–Trinajstić information content (AvgIpc) is 2.86. The Hall–Kier alpha value is -1.36. The minimum absolute atomic E-state index is 0.140. The number of halogens is 1. The Morgan fingerprint density at radius 3 is 2.94 bits per heavy atom. The lowest BCUT2D eigenvalue weighted by Crippen LogP contribution is -2.10. The quantitative estimate of drug-likeness (QED) is 0.772. The van der Waals surface area contributed by atoms with Gasteiger partial charge in [-0.05, 0) is 24.4 Å². The van der Waals surface area contributed by atoms with E-state index in [0.717, 1.165) is 12.8 Å². The molecule has 1 aliphatic carbocycles. The average molecular weight is 239 g/mol. The van der Waals surface area contributed by atoms with Gasteiger partial charge in [0.15, 0.2) is 5.65 Å². The summed E-state index contributed by atoms with van der Waals surface area (Å²) in [5, 5.41) is 3.51. The molecule has 0 unspecified atom stereocenters. The van der Waals surface area contributed by atoms with Crippen molar-refractivity contribution in [1.29, 1.82) is 0 Å². The summed E-state index contributed by atoms with van der Waals surface area (Å²) in [6, 6.07) is 0.344.